The molecule has 126 valence electrons. The molecule has 2 aromatic heterocycles. The highest BCUT2D eigenvalue weighted by Crippen LogP contribution is 2.37. The van der Waals surface area contributed by atoms with E-state index in [2.05, 4.69) is 15.4 Å². The maximum absolute atomic E-state index is 14.5. The van der Waals surface area contributed by atoms with Crippen LogP contribution in [0.25, 0.3) is 10.7 Å². The number of nitrogens with one attached hydrogen (secondary N) is 1. The topological polar surface area (TPSA) is 85.8 Å². The van der Waals surface area contributed by atoms with Crippen LogP contribution in [-0.4, -0.2) is 20.7 Å². The Morgan fingerprint density at radius 1 is 1.32 bits per heavy atom. The van der Waals surface area contributed by atoms with Gasteiger partial charge in [-0.1, -0.05) is 24.3 Å². The van der Waals surface area contributed by atoms with Crippen molar-refractivity contribution in [3.8, 4) is 10.7 Å². The van der Waals surface area contributed by atoms with E-state index in [0.29, 0.717) is 23.0 Å². The lowest BCUT2D eigenvalue weighted by molar-refractivity contribution is -0.115. The number of primary amides is 1. The second-order valence-electron chi connectivity index (χ2n) is 5.63. The van der Waals surface area contributed by atoms with E-state index in [1.165, 1.54) is 22.1 Å². The standard InChI is InChI=1S/C17H14FN5OS/c1-9-13(15(19)24)14(10-5-2-3-6-11(10)18)23-17(20-9)21-16(22-23)12-7-4-8-25-12/h2-8,14H,1H3,(H2,19,24)(H,20,21,22)/t14-/m0/s1. The molecule has 25 heavy (non-hydrogen) atoms. The van der Waals surface area contributed by atoms with Crippen molar-refractivity contribution in [1.29, 1.82) is 0 Å². The average molecular weight is 355 g/mol. The van der Waals surface area contributed by atoms with Gasteiger partial charge in [-0.2, -0.15) is 4.98 Å². The highest BCUT2D eigenvalue weighted by molar-refractivity contribution is 7.13. The summed E-state index contributed by atoms with van der Waals surface area (Å²) in [4.78, 5) is 17.4. The molecular formula is C17H14FN5OS. The maximum Gasteiger partial charge on any atom is 0.248 e. The summed E-state index contributed by atoms with van der Waals surface area (Å²) < 4.78 is 16.0. The lowest BCUT2D eigenvalue weighted by Crippen LogP contribution is -2.32. The first-order chi connectivity index (χ1) is 12.1. The first-order valence-electron chi connectivity index (χ1n) is 7.58. The molecule has 0 aliphatic carbocycles. The summed E-state index contributed by atoms with van der Waals surface area (Å²) >= 11 is 1.50. The fraction of sp³-hybridized carbons (Fsp3) is 0.118. The van der Waals surface area contributed by atoms with Gasteiger partial charge in [-0.3, -0.25) is 4.79 Å². The van der Waals surface area contributed by atoms with Gasteiger partial charge >= 0.3 is 0 Å². The van der Waals surface area contributed by atoms with Gasteiger partial charge in [-0.15, -0.1) is 16.4 Å². The number of hydrogen-bond acceptors (Lipinski definition) is 5. The molecule has 4 rings (SSSR count). The Labute approximate surface area is 146 Å². The number of fused-ring (bicyclic) bond motifs is 1. The Hall–Kier alpha value is -3.00. The summed E-state index contributed by atoms with van der Waals surface area (Å²) in [7, 11) is 0. The number of nitrogens with zero attached hydrogens (tertiary/aromatic N) is 3. The largest absolute Gasteiger partial charge is 0.366 e. The molecule has 3 aromatic rings. The van der Waals surface area contributed by atoms with Gasteiger partial charge in [0, 0.05) is 11.3 Å². The van der Waals surface area contributed by atoms with E-state index >= 15 is 0 Å². The number of carbonyl (C=O) groups is 1. The second-order valence-corrected chi connectivity index (χ2v) is 6.58. The molecule has 0 spiro atoms. The van der Waals surface area contributed by atoms with E-state index in [-0.39, 0.29) is 5.57 Å². The van der Waals surface area contributed by atoms with Crippen molar-refractivity contribution < 1.29 is 9.18 Å². The predicted molar refractivity (Wildman–Crippen MR) is 93.4 cm³/mol. The zero-order chi connectivity index (χ0) is 17.6. The minimum absolute atomic E-state index is 0.264. The highest BCUT2D eigenvalue weighted by atomic mass is 32.1. The second kappa shape index (κ2) is 5.82. The van der Waals surface area contributed by atoms with Crippen molar-refractivity contribution in [1.82, 2.24) is 14.8 Å². The first kappa shape index (κ1) is 15.5. The van der Waals surface area contributed by atoms with Gasteiger partial charge in [0.1, 0.15) is 11.9 Å². The third-order valence-corrected chi connectivity index (χ3v) is 4.93. The fourth-order valence-corrected chi connectivity index (χ4v) is 3.62. The van der Waals surface area contributed by atoms with Gasteiger partial charge in [-0.25, -0.2) is 9.07 Å². The summed E-state index contributed by atoms with van der Waals surface area (Å²) in [6.45, 7) is 1.72. The van der Waals surface area contributed by atoms with Gasteiger partial charge in [0.05, 0.1) is 10.5 Å². The highest BCUT2D eigenvalue weighted by Gasteiger charge is 2.34. The smallest absolute Gasteiger partial charge is 0.248 e. The van der Waals surface area contributed by atoms with Gasteiger partial charge in [-0.05, 0) is 24.4 Å². The molecule has 1 atom stereocenters. The molecule has 1 amide bonds. The molecular weight excluding hydrogens is 341 g/mol. The van der Waals surface area contributed by atoms with Crippen LogP contribution in [0.3, 0.4) is 0 Å². The third kappa shape index (κ3) is 2.51. The van der Waals surface area contributed by atoms with E-state index < -0.39 is 17.8 Å². The minimum Gasteiger partial charge on any atom is -0.366 e. The zero-order valence-corrected chi connectivity index (χ0v) is 14.0. The van der Waals surface area contributed by atoms with E-state index in [0.717, 1.165) is 4.88 Å². The summed E-state index contributed by atoms with van der Waals surface area (Å²) in [5.41, 5.74) is 6.70. The molecule has 1 aromatic carbocycles. The fourth-order valence-electron chi connectivity index (χ4n) is 2.96. The van der Waals surface area contributed by atoms with Crippen molar-refractivity contribution in [3.05, 3.63) is 64.4 Å². The van der Waals surface area contributed by atoms with Crippen LogP contribution < -0.4 is 11.1 Å². The Kier molecular flexibility index (Phi) is 3.61. The first-order valence-corrected chi connectivity index (χ1v) is 8.46. The quantitative estimate of drug-likeness (QED) is 0.756. The summed E-state index contributed by atoms with van der Waals surface area (Å²) in [6, 6.07) is 9.32. The van der Waals surface area contributed by atoms with Crippen molar-refractivity contribution >= 4 is 23.2 Å². The van der Waals surface area contributed by atoms with E-state index in [1.54, 1.807) is 25.1 Å². The summed E-state index contributed by atoms with van der Waals surface area (Å²) in [6.07, 6.45) is 0. The van der Waals surface area contributed by atoms with Crippen molar-refractivity contribution in [3.63, 3.8) is 0 Å². The van der Waals surface area contributed by atoms with Crippen molar-refractivity contribution in [2.75, 3.05) is 5.32 Å². The Balaban J connectivity index is 1.93. The summed E-state index contributed by atoms with van der Waals surface area (Å²) in [5.74, 6) is -0.103. The number of carbonyl (C=O) groups excluding carboxylic acids is 1. The van der Waals surface area contributed by atoms with Crippen LogP contribution in [0.4, 0.5) is 10.3 Å². The van der Waals surface area contributed by atoms with Gasteiger partial charge in [0.2, 0.25) is 11.9 Å². The summed E-state index contributed by atoms with van der Waals surface area (Å²) in [5, 5.41) is 9.47. The molecule has 3 N–H and O–H groups in total. The normalized spacial score (nSPS) is 16.5. The van der Waals surface area contributed by atoms with Crippen LogP contribution in [0.1, 0.15) is 18.5 Å². The molecule has 1 aliphatic heterocycles. The van der Waals surface area contributed by atoms with Crippen LogP contribution in [0.15, 0.2) is 53.0 Å². The van der Waals surface area contributed by atoms with Crippen LogP contribution in [0, 0.1) is 5.82 Å². The van der Waals surface area contributed by atoms with E-state index in [4.69, 9.17) is 5.73 Å². The van der Waals surface area contributed by atoms with Gasteiger partial charge in [0.15, 0.2) is 5.82 Å². The van der Waals surface area contributed by atoms with Crippen LogP contribution in [0.2, 0.25) is 0 Å². The molecule has 1 aliphatic rings. The van der Waals surface area contributed by atoms with Gasteiger partial charge in [0.25, 0.3) is 0 Å². The van der Waals surface area contributed by atoms with Crippen LogP contribution in [0.5, 0.6) is 0 Å². The number of nitrogens with two attached hydrogens (primary N) is 1. The number of benzene rings is 1. The number of amides is 1. The van der Waals surface area contributed by atoms with Crippen molar-refractivity contribution in [2.45, 2.75) is 13.0 Å². The number of halogens is 1. The minimum atomic E-state index is -0.767. The lowest BCUT2D eigenvalue weighted by Gasteiger charge is -2.27. The lowest BCUT2D eigenvalue weighted by atomic mass is 9.95. The van der Waals surface area contributed by atoms with E-state index in [9.17, 15) is 9.18 Å². The molecule has 8 heteroatoms. The number of rotatable bonds is 3. The SMILES string of the molecule is CC1=C(C(N)=O)[C@H](c2ccccc2F)n2nc(-c3cccs3)nc2N1. The van der Waals surface area contributed by atoms with Crippen LogP contribution >= 0.6 is 11.3 Å². The molecule has 0 saturated carbocycles. The van der Waals surface area contributed by atoms with Gasteiger partial charge < -0.3 is 11.1 Å². The molecule has 0 radical (unpaired) electrons. The molecule has 0 unspecified atom stereocenters. The Morgan fingerprint density at radius 2 is 2.12 bits per heavy atom. The molecule has 6 nitrogen and oxygen atoms in total. The average Bonchev–Trinajstić information content (AvgIpc) is 3.22. The molecule has 3 heterocycles. The molecule has 0 fully saturated rings. The monoisotopic (exact) mass is 355 g/mol. The Morgan fingerprint density at radius 3 is 2.80 bits per heavy atom. The predicted octanol–water partition coefficient (Wildman–Crippen LogP) is 2.92. The number of aromatic nitrogens is 3. The number of allylic oxidation sites excluding steroid dienone is 1. The van der Waals surface area contributed by atoms with Crippen LogP contribution in [-0.2, 0) is 4.79 Å². The molecule has 0 saturated heterocycles. The zero-order valence-electron chi connectivity index (χ0n) is 13.2. The van der Waals surface area contributed by atoms with Crippen molar-refractivity contribution in [2.24, 2.45) is 5.73 Å². The molecule has 0 bridgehead atoms. The third-order valence-electron chi connectivity index (χ3n) is 4.06. The number of anilines is 1. The van der Waals surface area contributed by atoms with E-state index in [1.807, 2.05) is 17.5 Å². The number of thiophene rings is 1. The maximum atomic E-state index is 14.5. The number of hydrogen-bond donors (Lipinski definition) is 2. The Bertz CT molecular complexity index is 992.